The molecule has 0 spiro atoms. The highest BCUT2D eigenvalue weighted by Gasteiger charge is 2.28. The second-order valence-electron chi connectivity index (χ2n) is 7.76. The van der Waals surface area contributed by atoms with Gasteiger partial charge < -0.3 is 19.5 Å². The van der Waals surface area contributed by atoms with Crippen LogP contribution in [0.1, 0.15) is 37.9 Å². The largest absolute Gasteiger partial charge is 0.464 e. The van der Waals surface area contributed by atoms with Crippen molar-refractivity contribution in [1.82, 2.24) is 15.1 Å². The highest BCUT2D eigenvalue weighted by atomic mass is 16.6. The summed E-state index contributed by atoms with van der Waals surface area (Å²) in [6.07, 6.45) is 2.46. The van der Waals surface area contributed by atoms with Gasteiger partial charge in [-0.25, -0.2) is 9.48 Å². The number of hydrogen-bond donors (Lipinski definition) is 1. The van der Waals surface area contributed by atoms with Gasteiger partial charge in [0.15, 0.2) is 6.10 Å². The summed E-state index contributed by atoms with van der Waals surface area (Å²) in [6.45, 7) is 7.37. The summed E-state index contributed by atoms with van der Waals surface area (Å²) in [5.41, 5.74) is 3.22. The summed E-state index contributed by atoms with van der Waals surface area (Å²) in [7, 11) is 0. The van der Waals surface area contributed by atoms with Gasteiger partial charge in [0.1, 0.15) is 0 Å². The van der Waals surface area contributed by atoms with E-state index >= 15 is 0 Å². The number of benzene rings is 2. The highest BCUT2D eigenvalue weighted by molar-refractivity contribution is 5.75. The van der Waals surface area contributed by atoms with E-state index in [2.05, 4.69) is 29.5 Å². The standard InChI is InChI=1S/C26H33N3O4/c1-4-31-26(30)25(21(3)33-19-22-9-6-5-7-10-22)32-18-16-27-20(2)23-11-13-24(14-12-23)29-17-8-15-28-29/h5-15,17,20-21,25,27H,4,16,18-19H2,1-3H3/t20-,21+,25-/m1/s1. The van der Waals surface area contributed by atoms with Crippen molar-refractivity contribution in [3.63, 3.8) is 0 Å². The van der Waals surface area contributed by atoms with Gasteiger partial charge in [-0.05, 0) is 50.1 Å². The van der Waals surface area contributed by atoms with E-state index in [0.29, 0.717) is 26.4 Å². The molecule has 0 radical (unpaired) electrons. The van der Waals surface area contributed by atoms with E-state index in [1.807, 2.05) is 66.3 Å². The molecule has 0 unspecified atom stereocenters. The minimum absolute atomic E-state index is 0.132. The molecule has 0 aliphatic carbocycles. The molecular weight excluding hydrogens is 418 g/mol. The predicted molar refractivity (Wildman–Crippen MR) is 127 cm³/mol. The molecule has 1 N–H and O–H groups in total. The molecular formula is C26H33N3O4. The number of aromatic nitrogens is 2. The maximum absolute atomic E-state index is 12.4. The molecule has 33 heavy (non-hydrogen) atoms. The van der Waals surface area contributed by atoms with E-state index in [4.69, 9.17) is 14.2 Å². The first-order chi connectivity index (χ1) is 16.1. The Hall–Kier alpha value is -3.00. The zero-order chi connectivity index (χ0) is 23.5. The Bertz CT molecular complexity index is 945. The molecule has 0 aliphatic rings. The van der Waals surface area contributed by atoms with Crippen LogP contribution in [0.25, 0.3) is 5.69 Å². The maximum Gasteiger partial charge on any atom is 0.337 e. The van der Waals surface area contributed by atoms with Gasteiger partial charge in [0.05, 0.1) is 31.6 Å². The predicted octanol–water partition coefficient (Wildman–Crippen LogP) is 4.08. The Labute approximate surface area is 195 Å². The molecule has 1 aromatic heterocycles. The van der Waals surface area contributed by atoms with Gasteiger partial charge in [-0.2, -0.15) is 5.10 Å². The first-order valence-corrected chi connectivity index (χ1v) is 11.4. The Morgan fingerprint density at radius 3 is 2.45 bits per heavy atom. The monoisotopic (exact) mass is 451 g/mol. The number of carbonyl (C=O) groups excluding carboxylic acids is 1. The van der Waals surface area contributed by atoms with Crippen molar-refractivity contribution in [1.29, 1.82) is 0 Å². The van der Waals surface area contributed by atoms with Crippen LogP contribution in [0.2, 0.25) is 0 Å². The number of rotatable bonds is 13. The van der Waals surface area contributed by atoms with E-state index < -0.39 is 18.2 Å². The lowest BCUT2D eigenvalue weighted by atomic mass is 10.1. The normalized spacial score (nSPS) is 13.9. The number of hydrogen-bond acceptors (Lipinski definition) is 6. The van der Waals surface area contributed by atoms with Gasteiger partial charge in [0.25, 0.3) is 0 Å². The van der Waals surface area contributed by atoms with E-state index in [1.165, 1.54) is 0 Å². The summed E-state index contributed by atoms with van der Waals surface area (Å²) in [4.78, 5) is 12.4. The van der Waals surface area contributed by atoms with Crippen molar-refractivity contribution in [2.45, 2.75) is 45.6 Å². The summed E-state index contributed by atoms with van der Waals surface area (Å²) >= 11 is 0. The van der Waals surface area contributed by atoms with Gasteiger partial charge >= 0.3 is 5.97 Å². The first-order valence-electron chi connectivity index (χ1n) is 11.4. The molecule has 3 atom stereocenters. The van der Waals surface area contributed by atoms with Crippen molar-refractivity contribution >= 4 is 5.97 Å². The third-order valence-corrected chi connectivity index (χ3v) is 5.31. The van der Waals surface area contributed by atoms with Crippen LogP contribution < -0.4 is 5.32 Å². The van der Waals surface area contributed by atoms with Crippen LogP contribution in [0.4, 0.5) is 0 Å². The lowest BCUT2D eigenvalue weighted by Crippen LogP contribution is -2.39. The molecule has 7 nitrogen and oxygen atoms in total. The van der Waals surface area contributed by atoms with Crippen LogP contribution in [0.15, 0.2) is 73.1 Å². The lowest BCUT2D eigenvalue weighted by Gasteiger charge is -2.24. The second kappa shape index (κ2) is 12.9. The number of nitrogens with zero attached hydrogens (tertiary/aromatic N) is 2. The molecule has 3 aromatic rings. The number of nitrogens with one attached hydrogen (secondary N) is 1. The third-order valence-electron chi connectivity index (χ3n) is 5.31. The lowest BCUT2D eigenvalue weighted by molar-refractivity contribution is -0.167. The molecule has 0 saturated heterocycles. The maximum atomic E-state index is 12.4. The topological polar surface area (TPSA) is 74.6 Å². The Morgan fingerprint density at radius 1 is 1.03 bits per heavy atom. The minimum Gasteiger partial charge on any atom is -0.464 e. The molecule has 3 rings (SSSR count). The summed E-state index contributed by atoms with van der Waals surface area (Å²) in [5, 5.41) is 7.68. The highest BCUT2D eigenvalue weighted by Crippen LogP contribution is 2.15. The molecule has 0 amide bonds. The Balaban J connectivity index is 1.47. The van der Waals surface area contributed by atoms with Crippen LogP contribution in [0, 0.1) is 0 Å². The summed E-state index contributed by atoms with van der Waals surface area (Å²) in [5.74, 6) is -0.402. The summed E-state index contributed by atoms with van der Waals surface area (Å²) < 4.78 is 18.8. The molecule has 0 aliphatic heterocycles. The van der Waals surface area contributed by atoms with Crippen LogP contribution in [0.3, 0.4) is 0 Å². The van der Waals surface area contributed by atoms with Crippen molar-refractivity contribution in [2.24, 2.45) is 0 Å². The molecule has 176 valence electrons. The van der Waals surface area contributed by atoms with Crippen molar-refractivity contribution < 1.29 is 19.0 Å². The average molecular weight is 452 g/mol. The van der Waals surface area contributed by atoms with Gasteiger partial charge in [-0.1, -0.05) is 42.5 Å². The molecule has 7 heteroatoms. The Kier molecular flexibility index (Phi) is 9.62. The fourth-order valence-corrected chi connectivity index (χ4v) is 3.43. The van der Waals surface area contributed by atoms with Crippen molar-refractivity contribution in [3.05, 3.63) is 84.2 Å². The van der Waals surface area contributed by atoms with Gasteiger partial charge in [0, 0.05) is 25.0 Å². The average Bonchev–Trinajstić information content (AvgIpc) is 3.38. The van der Waals surface area contributed by atoms with Gasteiger partial charge in [-0.3, -0.25) is 0 Å². The van der Waals surface area contributed by atoms with Crippen LogP contribution in [-0.2, 0) is 25.6 Å². The van der Waals surface area contributed by atoms with Crippen molar-refractivity contribution in [3.8, 4) is 5.69 Å². The molecule has 2 aromatic carbocycles. The molecule has 0 bridgehead atoms. The van der Waals surface area contributed by atoms with Gasteiger partial charge in [0.2, 0.25) is 0 Å². The van der Waals surface area contributed by atoms with E-state index in [0.717, 1.165) is 16.8 Å². The van der Waals surface area contributed by atoms with E-state index in [9.17, 15) is 4.79 Å². The minimum atomic E-state index is -0.779. The first kappa shape index (κ1) is 24.6. The molecule has 0 fully saturated rings. The fourth-order valence-electron chi connectivity index (χ4n) is 3.43. The SMILES string of the molecule is CCOC(=O)[C@H](OCCN[C@H](C)c1ccc(-n2cccn2)cc1)[C@H](C)OCc1ccccc1. The number of carbonyl (C=O) groups is 1. The fraction of sp³-hybridized carbons (Fsp3) is 0.385. The molecule has 0 saturated carbocycles. The smallest absolute Gasteiger partial charge is 0.337 e. The Morgan fingerprint density at radius 2 is 1.79 bits per heavy atom. The summed E-state index contributed by atoms with van der Waals surface area (Å²) in [6, 6.07) is 20.1. The van der Waals surface area contributed by atoms with E-state index in [-0.39, 0.29) is 6.04 Å². The van der Waals surface area contributed by atoms with Crippen LogP contribution >= 0.6 is 0 Å². The number of ether oxygens (including phenoxy) is 3. The zero-order valence-electron chi connectivity index (χ0n) is 19.5. The van der Waals surface area contributed by atoms with Crippen LogP contribution in [0.5, 0.6) is 0 Å². The van der Waals surface area contributed by atoms with Crippen molar-refractivity contribution in [2.75, 3.05) is 19.8 Å². The quantitative estimate of drug-likeness (QED) is 0.312. The molecule has 1 heterocycles. The third kappa shape index (κ3) is 7.53. The number of esters is 1. The van der Waals surface area contributed by atoms with E-state index in [1.54, 1.807) is 13.1 Å². The zero-order valence-corrected chi connectivity index (χ0v) is 19.5. The van der Waals surface area contributed by atoms with Crippen LogP contribution in [-0.4, -0.2) is 47.7 Å². The second-order valence-corrected chi connectivity index (χ2v) is 7.76. The van der Waals surface area contributed by atoms with Gasteiger partial charge in [-0.15, -0.1) is 0 Å².